The molecule has 0 spiro atoms. The summed E-state index contributed by atoms with van der Waals surface area (Å²) in [6.45, 7) is 6.85. The Morgan fingerprint density at radius 1 is 0.966 bits per heavy atom. The van der Waals surface area contributed by atoms with Crippen LogP contribution in [0.15, 0.2) is 72.8 Å². The van der Waals surface area contributed by atoms with Crippen LogP contribution in [0.4, 0.5) is 0 Å². The molecule has 0 saturated carbocycles. The summed E-state index contributed by atoms with van der Waals surface area (Å²) in [6.07, 6.45) is 11.5. The third-order valence-corrected chi connectivity index (χ3v) is 6.60. The van der Waals surface area contributed by atoms with Crippen molar-refractivity contribution in [2.45, 2.75) is 39.5 Å². The van der Waals surface area contributed by atoms with E-state index in [1.165, 1.54) is 49.7 Å². The lowest BCUT2D eigenvalue weighted by Gasteiger charge is -2.15. The molecule has 5 rings (SSSR count). The molecule has 29 heavy (non-hydrogen) atoms. The molecule has 0 heterocycles. The van der Waals surface area contributed by atoms with Crippen LogP contribution in [0.3, 0.4) is 0 Å². The average Bonchev–Trinajstić information content (AvgIpc) is 3.39. The van der Waals surface area contributed by atoms with Crippen LogP contribution in [-0.4, -0.2) is 0 Å². The molecule has 3 aromatic rings. The zero-order valence-corrected chi connectivity index (χ0v) is 17.6. The van der Waals surface area contributed by atoms with E-state index < -0.39 is 0 Å². The first kappa shape index (κ1) is 18.2. The fourth-order valence-electron chi connectivity index (χ4n) is 4.95. The van der Waals surface area contributed by atoms with Crippen LogP contribution in [0.1, 0.15) is 60.9 Å². The van der Waals surface area contributed by atoms with Crippen molar-refractivity contribution in [1.82, 2.24) is 0 Å². The molecule has 0 bridgehead atoms. The van der Waals surface area contributed by atoms with Crippen LogP contribution in [0.5, 0.6) is 0 Å². The summed E-state index contributed by atoms with van der Waals surface area (Å²) in [4.78, 5) is 0. The molecule has 0 nitrogen and oxygen atoms in total. The van der Waals surface area contributed by atoms with Gasteiger partial charge in [0, 0.05) is 5.92 Å². The molecule has 144 valence electrons. The fourth-order valence-corrected chi connectivity index (χ4v) is 4.95. The monoisotopic (exact) mass is 376 g/mol. The highest BCUT2D eigenvalue weighted by atomic mass is 14.3. The Labute approximate surface area is 174 Å². The van der Waals surface area contributed by atoms with Crippen LogP contribution in [0.2, 0.25) is 0 Å². The van der Waals surface area contributed by atoms with Gasteiger partial charge in [-0.2, -0.15) is 0 Å². The summed E-state index contributed by atoms with van der Waals surface area (Å²) >= 11 is 0. The highest BCUT2D eigenvalue weighted by Crippen LogP contribution is 2.40. The van der Waals surface area contributed by atoms with E-state index in [4.69, 9.17) is 0 Å². The topological polar surface area (TPSA) is 0 Å². The zero-order chi connectivity index (χ0) is 20.0. The Hall–Kier alpha value is -2.86. The molecule has 2 aliphatic rings. The van der Waals surface area contributed by atoms with Gasteiger partial charge in [0.15, 0.2) is 0 Å². The van der Waals surface area contributed by atoms with E-state index in [1.807, 2.05) is 0 Å². The molecule has 1 atom stereocenters. The van der Waals surface area contributed by atoms with Gasteiger partial charge in [-0.05, 0) is 74.6 Å². The van der Waals surface area contributed by atoms with E-state index in [0.717, 1.165) is 12.8 Å². The van der Waals surface area contributed by atoms with Crippen molar-refractivity contribution in [3.8, 4) is 0 Å². The van der Waals surface area contributed by atoms with Gasteiger partial charge >= 0.3 is 0 Å². The van der Waals surface area contributed by atoms with Crippen molar-refractivity contribution in [3.63, 3.8) is 0 Å². The lowest BCUT2D eigenvalue weighted by Crippen LogP contribution is -2.01. The molecule has 0 aliphatic heterocycles. The van der Waals surface area contributed by atoms with Crippen LogP contribution in [0, 0.1) is 5.92 Å². The summed E-state index contributed by atoms with van der Waals surface area (Å²) in [7, 11) is 0. The molecular formula is C29H28. The molecule has 0 fully saturated rings. The van der Waals surface area contributed by atoms with Crippen LogP contribution >= 0.6 is 0 Å². The van der Waals surface area contributed by atoms with E-state index in [-0.39, 0.29) is 0 Å². The summed E-state index contributed by atoms with van der Waals surface area (Å²) < 4.78 is 0. The third kappa shape index (κ3) is 3.08. The first-order chi connectivity index (χ1) is 14.2. The highest BCUT2D eigenvalue weighted by Gasteiger charge is 2.21. The maximum Gasteiger partial charge on any atom is 0.00502 e. The predicted molar refractivity (Wildman–Crippen MR) is 127 cm³/mol. The lowest BCUT2D eigenvalue weighted by atomic mass is 9.89. The number of allylic oxidation sites excluding steroid dienone is 5. The Balaban J connectivity index is 1.51. The van der Waals surface area contributed by atoms with E-state index in [9.17, 15) is 0 Å². The van der Waals surface area contributed by atoms with Crippen LogP contribution < -0.4 is 0 Å². The minimum atomic E-state index is 0.564. The summed E-state index contributed by atoms with van der Waals surface area (Å²) in [6, 6.07) is 20.5. The van der Waals surface area contributed by atoms with Gasteiger partial charge in [-0.3, -0.25) is 0 Å². The molecule has 0 heteroatoms. The predicted octanol–water partition coefficient (Wildman–Crippen LogP) is 8.04. The lowest BCUT2D eigenvalue weighted by molar-refractivity contribution is 0.584. The quantitative estimate of drug-likeness (QED) is 0.432. The summed E-state index contributed by atoms with van der Waals surface area (Å²) in [5, 5.41) is 2.75. The SMILES string of the molecule is CCc1ccc(C2=CCC(c3ccc4c(c3)C=CC4C(C)C)=C2)c2ccccc12. The van der Waals surface area contributed by atoms with E-state index in [1.54, 1.807) is 0 Å². The number of benzene rings is 3. The second-order valence-electron chi connectivity index (χ2n) is 8.68. The molecule has 3 aromatic carbocycles. The van der Waals surface area contributed by atoms with Gasteiger partial charge in [0.2, 0.25) is 0 Å². The first-order valence-corrected chi connectivity index (χ1v) is 10.9. The first-order valence-electron chi connectivity index (χ1n) is 10.9. The van der Waals surface area contributed by atoms with E-state index in [2.05, 4.69) is 99.7 Å². The van der Waals surface area contributed by atoms with Gasteiger partial charge in [0.05, 0.1) is 0 Å². The maximum absolute atomic E-state index is 2.40. The Morgan fingerprint density at radius 3 is 2.59 bits per heavy atom. The van der Waals surface area contributed by atoms with Crippen molar-refractivity contribution < 1.29 is 0 Å². The number of fused-ring (bicyclic) bond motifs is 2. The van der Waals surface area contributed by atoms with Gasteiger partial charge in [-0.25, -0.2) is 0 Å². The van der Waals surface area contributed by atoms with Gasteiger partial charge < -0.3 is 0 Å². The summed E-state index contributed by atoms with van der Waals surface area (Å²) in [5.41, 5.74) is 9.80. The van der Waals surface area contributed by atoms with Crippen LogP contribution in [-0.2, 0) is 6.42 Å². The van der Waals surface area contributed by atoms with Gasteiger partial charge in [0.25, 0.3) is 0 Å². The van der Waals surface area contributed by atoms with Gasteiger partial charge in [0.1, 0.15) is 0 Å². The molecular weight excluding hydrogens is 348 g/mol. The Kier molecular flexibility index (Phi) is 4.51. The minimum Gasteiger partial charge on any atom is -0.0761 e. The second-order valence-corrected chi connectivity index (χ2v) is 8.68. The number of hydrogen-bond acceptors (Lipinski definition) is 0. The van der Waals surface area contributed by atoms with Gasteiger partial charge in [-0.1, -0.05) is 93.6 Å². The van der Waals surface area contributed by atoms with Crippen molar-refractivity contribution >= 4 is 28.0 Å². The average molecular weight is 377 g/mol. The van der Waals surface area contributed by atoms with E-state index >= 15 is 0 Å². The molecule has 0 amide bonds. The zero-order valence-electron chi connectivity index (χ0n) is 17.6. The van der Waals surface area contributed by atoms with Crippen molar-refractivity contribution in [1.29, 1.82) is 0 Å². The Morgan fingerprint density at radius 2 is 1.79 bits per heavy atom. The normalized spacial score (nSPS) is 17.7. The summed E-state index contributed by atoms with van der Waals surface area (Å²) in [5.74, 6) is 1.21. The second kappa shape index (κ2) is 7.19. The number of rotatable bonds is 4. The third-order valence-electron chi connectivity index (χ3n) is 6.60. The fraction of sp³-hybridized carbons (Fsp3) is 0.241. The molecule has 0 saturated heterocycles. The smallest absolute Gasteiger partial charge is 0.00502 e. The van der Waals surface area contributed by atoms with Gasteiger partial charge in [-0.15, -0.1) is 0 Å². The number of hydrogen-bond donors (Lipinski definition) is 0. The van der Waals surface area contributed by atoms with Crippen molar-refractivity contribution in [2.75, 3.05) is 0 Å². The van der Waals surface area contributed by atoms with E-state index in [0.29, 0.717) is 11.8 Å². The molecule has 0 radical (unpaired) electrons. The molecule has 0 aromatic heterocycles. The van der Waals surface area contributed by atoms with Crippen molar-refractivity contribution in [2.24, 2.45) is 5.92 Å². The maximum atomic E-state index is 2.40. The van der Waals surface area contributed by atoms with Crippen LogP contribution in [0.25, 0.3) is 28.0 Å². The molecule has 0 N–H and O–H groups in total. The molecule has 2 aliphatic carbocycles. The molecule has 1 unspecified atom stereocenters. The standard InChI is InChI=1S/C29H28/c1-4-20-11-15-28(29-8-6-5-7-26(20)29)23-10-9-21(17-23)22-12-16-27-24(18-22)13-14-25(27)19(2)3/h5-8,10-19,25H,4,9H2,1-3H3. The Bertz CT molecular complexity index is 1180. The highest BCUT2D eigenvalue weighted by molar-refractivity contribution is 6.01. The minimum absolute atomic E-state index is 0.564. The van der Waals surface area contributed by atoms with Crippen molar-refractivity contribution in [3.05, 3.63) is 101 Å². The largest absolute Gasteiger partial charge is 0.0761 e. The number of aryl methyl sites for hydroxylation is 1.